The maximum atomic E-state index is 6.51. The summed E-state index contributed by atoms with van der Waals surface area (Å²) in [5.41, 5.74) is 6.51. The Bertz CT molecular complexity index is 317. The first kappa shape index (κ1) is 14.8. The zero-order valence-corrected chi connectivity index (χ0v) is 13.4. The molecule has 0 aromatic rings. The number of fused-ring (bicyclic) bond motifs is 1. The summed E-state index contributed by atoms with van der Waals surface area (Å²) in [6, 6.07) is 1.89. The highest BCUT2D eigenvalue weighted by Gasteiger charge is 2.37. The van der Waals surface area contributed by atoms with Crippen LogP contribution in [-0.4, -0.2) is 54.1 Å². The SMILES string of the molecule is CC(C)C1CCC(N)C(N2CCCN3CCCC3C2)C1. The molecule has 2 aliphatic heterocycles. The molecule has 2 heterocycles. The molecule has 3 fully saturated rings. The van der Waals surface area contributed by atoms with Gasteiger partial charge in [0.1, 0.15) is 0 Å². The van der Waals surface area contributed by atoms with E-state index < -0.39 is 0 Å². The molecule has 4 unspecified atom stereocenters. The Morgan fingerprint density at radius 2 is 1.70 bits per heavy atom. The van der Waals surface area contributed by atoms with Crippen molar-refractivity contribution in [2.75, 3.05) is 26.2 Å². The van der Waals surface area contributed by atoms with Crippen LogP contribution >= 0.6 is 0 Å². The summed E-state index contributed by atoms with van der Waals surface area (Å²) in [5, 5.41) is 0. The molecule has 0 radical (unpaired) electrons. The lowest BCUT2D eigenvalue weighted by molar-refractivity contribution is 0.0896. The molecule has 116 valence electrons. The molecule has 1 aliphatic carbocycles. The van der Waals surface area contributed by atoms with Crippen molar-refractivity contribution in [3.8, 4) is 0 Å². The quantitative estimate of drug-likeness (QED) is 0.842. The van der Waals surface area contributed by atoms with Crippen LogP contribution < -0.4 is 5.73 Å². The zero-order valence-electron chi connectivity index (χ0n) is 13.4. The summed E-state index contributed by atoms with van der Waals surface area (Å²) in [6.07, 6.45) is 8.07. The average Bonchev–Trinajstić information content (AvgIpc) is 2.76. The second-order valence-electron chi connectivity index (χ2n) is 7.73. The van der Waals surface area contributed by atoms with Crippen LogP contribution in [0.2, 0.25) is 0 Å². The van der Waals surface area contributed by atoms with Crippen molar-refractivity contribution < 1.29 is 0 Å². The normalized spacial score (nSPS) is 40.8. The molecular weight excluding hydrogens is 246 g/mol. The van der Waals surface area contributed by atoms with E-state index in [0.717, 1.165) is 17.9 Å². The van der Waals surface area contributed by atoms with Crippen LogP contribution in [0.3, 0.4) is 0 Å². The fourth-order valence-corrected chi connectivity index (χ4v) is 4.76. The summed E-state index contributed by atoms with van der Waals surface area (Å²) in [6.45, 7) is 9.99. The van der Waals surface area contributed by atoms with Gasteiger partial charge in [-0.05, 0) is 70.0 Å². The number of rotatable bonds is 2. The molecule has 0 aromatic carbocycles. The van der Waals surface area contributed by atoms with E-state index in [1.165, 1.54) is 64.7 Å². The minimum absolute atomic E-state index is 0.415. The summed E-state index contributed by atoms with van der Waals surface area (Å²) in [7, 11) is 0. The largest absolute Gasteiger partial charge is 0.326 e. The van der Waals surface area contributed by atoms with E-state index >= 15 is 0 Å². The number of nitrogens with two attached hydrogens (primary N) is 1. The van der Waals surface area contributed by atoms with Gasteiger partial charge in [0.05, 0.1) is 0 Å². The smallest absolute Gasteiger partial charge is 0.0250 e. The monoisotopic (exact) mass is 279 g/mol. The van der Waals surface area contributed by atoms with Crippen molar-refractivity contribution in [2.24, 2.45) is 17.6 Å². The molecule has 4 atom stereocenters. The summed E-state index contributed by atoms with van der Waals surface area (Å²) >= 11 is 0. The standard InChI is InChI=1S/C17H33N3/c1-13(2)14-6-7-16(18)17(11-14)20-10-4-9-19-8-3-5-15(19)12-20/h13-17H,3-12,18H2,1-2H3. The van der Waals surface area contributed by atoms with Gasteiger partial charge in [0.15, 0.2) is 0 Å². The first-order chi connectivity index (χ1) is 9.65. The maximum absolute atomic E-state index is 6.51. The molecule has 20 heavy (non-hydrogen) atoms. The minimum Gasteiger partial charge on any atom is -0.326 e. The van der Waals surface area contributed by atoms with Gasteiger partial charge in [-0.15, -0.1) is 0 Å². The fourth-order valence-electron chi connectivity index (χ4n) is 4.76. The highest BCUT2D eigenvalue weighted by molar-refractivity contribution is 4.94. The molecule has 3 nitrogen and oxygen atoms in total. The highest BCUT2D eigenvalue weighted by Crippen LogP contribution is 2.33. The molecule has 3 heteroatoms. The van der Waals surface area contributed by atoms with Crippen molar-refractivity contribution in [1.29, 1.82) is 0 Å². The van der Waals surface area contributed by atoms with Gasteiger partial charge >= 0.3 is 0 Å². The Balaban J connectivity index is 1.66. The lowest BCUT2D eigenvalue weighted by Crippen LogP contribution is -2.53. The van der Waals surface area contributed by atoms with Gasteiger partial charge in [0, 0.05) is 24.7 Å². The minimum atomic E-state index is 0.415. The molecule has 3 rings (SSSR count). The van der Waals surface area contributed by atoms with Crippen molar-refractivity contribution >= 4 is 0 Å². The Labute approximate surface area is 124 Å². The van der Waals surface area contributed by atoms with Gasteiger partial charge in [-0.3, -0.25) is 9.80 Å². The molecule has 0 amide bonds. The zero-order chi connectivity index (χ0) is 14.1. The van der Waals surface area contributed by atoms with Crippen LogP contribution in [0.5, 0.6) is 0 Å². The van der Waals surface area contributed by atoms with Gasteiger partial charge in [-0.25, -0.2) is 0 Å². The molecule has 3 aliphatic rings. The molecule has 1 saturated carbocycles. The van der Waals surface area contributed by atoms with Crippen molar-refractivity contribution in [3.05, 3.63) is 0 Å². The summed E-state index contributed by atoms with van der Waals surface area (Å²) in [5.74, 6) is 1.71. The Kier molecular flexibility index (Phi) is 4.68. The Morgan fingerprint density at radius 3 is 2.50 bits per heavy atom. The van der Waals surface area contributed by atoms with Crippen LogP contribution in [0, 0.1) is 11.8 Å². The Hall–Kier alpha value is -0.120. The van der Waals surface area contributed by atoms with Gasteiger partial charge in [0.25, 0.3) is 0 Å². The molecule has 0 spiro atoms. The molecule has 2 N–H and O–H groups in total. The van der Waals surface area contributed by atoms with Crippen molar-refractivity contribution in [3.63, 3.8) is 0 Å². The third kappa shape index (κ3) is 3.05. The van der Waals surface area contributed by atoms with Crippen molar-refractivity contribution in [2.45, 2.75) is 70.5 Å². The molecule has 0 aromatic heterocycles. The average molecular weight is 279 g/mol. The fraction of sp³-hybridized carbons (Fsp3) is 1.00. The van der Waals surface area contributed by atoms with Crippen LogP contribution in [0.4, 0.5) is 0 Å². The lowest BCUT2D eigenvalue weighted by atomic mass is 9.76. The maximum Gasteiger partial charge on any atom is 0.0250 e. The first-order valence-electron chi connectivity index (χ1n) is 8.89. The van der Waals surface area contributed by atoms with E-state index in [1.807, 2.05) is 0 Å². The molecule has 2 saturated heterocycles. The topological polar surface area (TPSA) is 32.5 Å². The predicted octanol–water partition coefficient (Wildman–Crippen LogP) is 2.31. The van der Waals surface area contributed by atoms with Crippen LogP contribution in [0.25, 0.3) is 0 Å². The van der Waals surface area contributed by atoms with E-state index in [1.54, 1.807) is 0 Å². The second kappa shape index (κ2) is 6.33. The third-order valence-corrected chi connectivity index (χ3v) is 6.16. The van der Waals surface area contributed by atoms with Crippen molar-refractivity contribution in [1.82, 2.24) is 9.80 Å². The first-order valence-corrected chi connectivity index (χ1v) is 8.89. The van der Waals surface area contributed by atoms with Gasteiger partial charge in [-0.2, -0.15) is 0 Å². The third-order valence-electron chi connectivity index (χ3n) is 6.16. The summed E-state index contributed by atoms with van der Waals surface area (Å²) in [4.78, 5) is 5.50. The molecule has 0 bridgehead atoms. The van der Waals surface area contributed by atoms with E-state index in [0.29, 0.717) is 12.1 Å². The van der Waals surface area contributed by atoms with E-state index in [4.69, 9.17) is 5.73 Å². The van der Waals surface area contributed by atoms with Gasteiger partial charge in [-0.1, -0.05) is 13.8 Å². The van der Waals surface area contributed by atoms with Gasteiger partial charge < -0.3 is 5.73 Å². The van der Waals surface area contributed by atoms with E-state index in [9.17, 15) is 0 Å². The van der Waals surface area contributed by atoms with Gasteiger partial charge in [0.2, 0.25) is 0 Å². The van der Waals surface area contributed by atoms with E-state index in [2.05, 4.69) is 23.6 Å². The highest BCUT2D eigenvalue weighted by atomic mass is 15.3. The number of hydrogen-bond acceptors (Lipinski definition) is 3. The Morgan fingerprint density at radius 1 is 0.950 bits per heavy atom. The second-order valence-corrected chi connectivity index (χ2v) is 7.73. The number of hydrogen-bond donors (Lipinski definition) is 1. The summed E-state index contributed by atoms with van der Waals surface area (Å²) < 4.78 is 0. The van der Waals surface area contributed by atoms with Crippen LogP contribution in [-0.2, 0) is 0 Å². The van der Waals surface area contributed by atoms with E-state index in [-0.39, 0.29) is 0 Å². The lowest BCUT2D eigenvalue weighted by Gasteiger charge is -2.43. The number of nitrogens with zero attached hydrogens (tertiary/aromatic N) is 2. The van der Waals surface area contributed by atoms with Crippen LogP contribution in [0.1, 0.15) is 52.4 Å². The predicted molar refractivity (Wildman–Crippen MR) is 84.7 cm³/mol. The van der Waals surface area contributed by atoms with Crippen LogP contribution in [0.15, 0.2) is 0 Å². The molecular formula is C17H33N3.